The van der Waals surface area contributed by atoms with E-state index in [4.69, 9.17) is 18.9 Å². The second-order valence-electron chi connectivity index (χ2n) is 7.26. The molecule has 1 fully saturated rings. The van der Waals surface area contributed by atoms with Crippen molar-refractivity contribution < 1.29 is 43.5 Å². The summed E-state index contributed by atoms with van der Waals surface area (Å²) < 4.78 is 20.6. The van der Waals surface area contributed by atoms with Gasteiger partial charge in [0.1, 0.15) is 6.10 Å². The standard InChI is InChI=1S/C20H22O9/c1-8(2)5-11-9(3)6-12(14(21)10(11)4)27-19(25)20-26-7-13(28-20)17-15(22)16(23)18(24)29-17/h5,12-13,17,20,22-23H,3,6-7H2,1-2,4H3/t12?,13-,17+,20?/m0/s1. The van der Waals surface area contributed by atoms with Crippen molar-refractivity contribution in [2.45, 2.75) is 51.8 Å². The Labute approximate surface area is 166 Å². The Morgan fingerprint density at radius 2 is 1.97 bits per heavy atom. The van der Waals surface area contributed by atoms with Crippen LogP contribution in [0.15, 0.2) is 46.5 Å². The Bertz CT molecular complexity index is 872. The number of carbonyl (C=O) groups excluding carboxylic acids is 3. The van der Waals surface area contributed by atoms with Crippen LogP contribution in [0.5, 0.6) is 0 Å². The van der Waals surface area contributed by atoms with Gasteiger partial charge in [-0.1, -0.05) is 18.2 Å². The predicted molar refractivity (Wildman–Crippen MR) is 97.6 cm³/mol. The summed E-state index contributed by atoms with van der Waals surface area (Å²) in [6.07, 6.45) is -2.79. The van der Waals surface area contributed by atoms with E-state index in [2.05, 4.69) is 6.58 Å². The molecular weight excluding hydrogens is 384 g/mol. The summed E-state index contributed by atoms with van der Waals surface area (Å²) in [5.74, 6) is -3.95. The third-order valence-corrected chi connectivity index (χ3v) is 4.75. The third kappa shape index (κ3) is 3.96. The van der Waals surface area contributed by atoms with E-state index in [1.807, 2.05) is 19.9 Å². The third-order valence-electron chi connectivity index (χ3n) is 4.75. The normalized spacial score (nSPS) is 30.0. The molecule has 2 heterocycles. The van der Waals surface area contributed by atoms with Crippen molar-refractivity contribution in [1.29, 1.82) is 0 Å². The van der Waals surface area contributed by atoms with Crippen molar-refractivity contribution in [2.24, 2.45) is 0 Å². The van der Waals surface area contributed by atoms with E-state index in [0.717, 1.165) is 11.1 Å². The van der Waals surface area contributed by atoms with Crippen LogP contribution < -0.4 is 0 Å². The van der Waals surface area contributed by atoms with Gasteiger partial charge in [0, 0.05) is 12.0 Å². The molecule has 156 valence electrons. The number of hydrogen-bond acceptors (Lipinski definition) is 9. The van der Waals surface area contributed by atoms with E-state index in [1.54, 1.807) is 6.92 Å². The lowest BCUT2D eigenvalue weighted by molar-refractivity contribution is -0.183. The number of hydrogen-bond donors (Lipinski definition) is 2. The second-order valence-corrected chi connectivity index (χ2v) is 7.26. The van der Waals surface area contributed by atoms with Gasteiger partial charge in [-0.25, -0.2) is 9.59 Å². The van der Waals surface area contributed by atoms with Crippen molar-refractivity contribution in [3.8, 4) is 0 Å². The van der Waals surface area contributed by atoms with Gasteiger partial charge in [-0.05, 0) is 31.9 Å². The summed E-state index contributed by atoms with van der Waals surface area (Å²) in [5, 5.41) is 19.1. The smallest absolute Gasteiger partial charge is 0.377 e. The zero-order chi connectivity index (χ0) is 21.5. The van der Waals surface area contributed by atoms with E-state index in [-0.39, 0.29) is 18.8 Å². The van der Waals surface area contributed by atoms with E-state index in [1.165, 1.54) is 0 Å². The van der Waals surface area contributed by atoms with Gasteiger partial charge in [0.25, 0.3) is 6.29 Å². The second kappa shape index (κ2) is 7.84. The minimum absolute atomic E-state index is 0.148. The first-order chi connectivity index (χ1) is 13.6. The van der Waals surface area contributed by atoms with E-state index >= 15 is 0 Å². The number of Topliss-reactive ketones (excluding diaryl/α,β-unsaturated/α-hetero) is 1. The van der Waals surface area contributed by atoms with Crippen LogP contribution in [-0.2, 0) is 33.3 Å². The SMILES string of the molecule is C=C1CC(OC(=O)C2OC[C@@H]([C@H]3OC(=O)C(O)=C3O)O2)C(=O)C(C)=C1C=C(C)C. The summed E-state index contributed by atoms with van der Waals surface area (Å²) >= 11 is 0. The number of aliphatic hydroxyl groups excluding tert-OH is 2. The van der Waals surface area contributed by atoms with Crippen molar-refractivity contribution in [1.82, 2.24) is 0 Å². The molecule has 1 aliphatic carbocycles. The number of carbonyl (C=O) groups is 3. The zero-order valence-electron chi connectivity index (χ0n) is 16.3. The van der Waals surface area contributed by atoms with Gasteiger partial charge in [0.05, 0.1) is 6.61 Å². The van der Waals surface area contributed by atoms with Crippen LogP contribution in [0.2, 0.25) is 0 Å². The number of ether oxygens (including phenoxy) is 4. The summed E-state index contributed by atoms with van der Waals surface area (Å²) in [5.41, 5.74) is 2.88. The summed E-state index contributed by atoms with van der Waals surface area (Å²) in [7, 11) is 0. The molecule has 3 rings (SSSR count). The molecule has 0 aromatic rings. The molecule has 0 aromatic heterocycles. The van der Waals surface area contributed by atoms with E-state index in [9.17, 15) is 24.6 Å². The zero-order valence-corrected chi connectivity index (χ0v) is 16.3. The Balaban J connectivity index is 1.64. The molecule has 0 saturated carbocycles. The summed E-state index contributed by atoms with van der Waals surface area (Å²) in [6, 6.07) is 0. The molecule has 3 aliphatic rings. The van der Waals surface area contributed by atoms with Crippen molar-refractivity contribution in [3.05, 3.63) is 46.5 Å². The average Bonchev–Trinajstić information content (AvgIpc) is 3.24. The van der Waals surface area contributed by atoms with Gasteiger partial charge < -0.3 is 29.2 Å². The minimum atomic E-state index is -1.46. The lowest BCUT2D eigenvalue weighted by atomic mass is 9.85. The van der Waals surface area contributed by atoms with Crippen molar-refractivity contribution in [3.63, 3.8) is 0 Å². The quantitative estimate of drug-likeness (QED) is 0.670. The molecule has 0 amide bonds. The Morgan fingerprint density at radius 3 is 2.55 bits per heavy atom. The summed E-state index contributed by atoms with van der Waals surface area (Å²) in [6.45, 7) is 9.23. The first kappa shape index (κ1) is 20.8. The molecule has 1 saturated heterocycles. The highest BCUT2D eigenvalue weighted by Crippen LogP contribution is 2.31. The average molecular weight is 406 g/mol. The van der Waals surface area contributed by atoms with E-state index < -0.39 is 48.1 Å². The van der Waals surface area contributed by atoms with Crippen LogP contribution in [0, 0.1) is 0 Å². The van der Waals surface area contributed by atoms with Crippen LogP contribution >= 0.6 is 0 Å². The molecule has 9 heteroatoms. The van der Waals surface area contributed by atoms with Crippen LogP contribution in [0.3, 0.4) is 0 Å². The first-order valence-corrected chi connectivity index (χ1v) is 8.99. The molecule has 2 unspecified atom stereocenters. The molecule has 29 heavy (non-hydrogen) atoms. The van der Waals surface area contributed by atoms with Gasteiger partial charge in [0.2, 0.25) is 5.76 Å². The van der Waals surface area contributed by atoms with E-state index in [0.29, 0.717) is 11.1 Å². The lowest BCUT2D eigenvalue weighted by Gasteiger charge is -2.26. The number of cyclic esters (lactones) is 1. The Hall–Kier alpha value is -2.91. The molecule has 0 radical (unpaired) electrons. The fraction of sp³-hybridized carbons (Fsp3) is 0.450. The van der Waals surface area contributed by atoms with Gasteiger partial charge in [-0.2, -0.15) is 0 Å². The Kier molecular flexibility index (Phi) is 5.63. The maximum absolute atomic E-state index is 12.6. The number of esters is 2. The molecular formula is C20H22O9. The fourth-order valence-electron chi connectivity index (χ4n) is 3.28. The van der Waals surface area contributed by atoms with Crippen molar-refractivity contribution >= 4 is 17.7 Å². The summed E-state index contributed by atoms with van der Waals surface area (Å²) in [4.78, 5) is 36.3. The maximum Gasteiger partial charge on any atom is 0.377 e. The van der Waals surface area contributed by atoms with Crippen LogP contribution in [-0.4, -0.2) is 59.1 Å². The fourth-order valence-corrected chi connectivity index (χ4v) is 3.28. The monoisotopic (exact) mass is 406 g/mol. The maximum atomic E-state index is 12.6. The molecule has 0 aromatic carbocycles. The highest BCUT2D eigenvalue weighted by atomic mass is 16.8. The topological polar surface area (TPSA) is 129 Å². The Morgan fingerprint density at radius 1 is 1.28 bits per heavy atom. The molecule has 0 bridgehead atoms. The van der Waals surface area contributed by atoms with Crippen molar-refractivity contribution in [2.75, 3.05) is 6.61 Å². The van der Waals surface area contributed by atoms with Gasteiger partial charge >= 0.3 is 11.9 Å². The van der Waals surface area contributed by atoms with Crippen LogP contribution in [0.1, 0.15) is 27.2 Å². The molecule has 2 N–H and O–H groups in total. The van der Waals surface area contributed by atoms with Gasteiger partial charge in [-0.3, -0.25) is 4.79 Å². The van der Waals surface area contributed by atoms with Gasteiger partial charge in [0.15, 0.2) is 23.8 Å². The highest BCUT2D eigenvalue weighted by molar-refractivity contribution is 6.03. The predicted octanol–water partition coefficient (Wildman–Crippen LogP) is 1.70. The highest BCUT2D eigenvalue weighted by Gasteiger charge is 2.47. The van der Waals surface area contributed by atoms with Gasteiger partial charge in [-0.15, -0.1) is 0 Å². The molecule has 9 nitrogen and oxygen atoms in total. The molecule has 4 atom stereocenters. The minimum Gasteiger partial charge on any atom is -0.505 e. The largest absolute Gasteiger partial charge is 0.505 e. The van der Waals surface area contributed by atoms with Crippen LogP contribution in [0.25, 0.3) is 0 Å². The number of ketones is 1. The molecule has 2 aliphatic heterocycles. The van der Waals surface area contributed by atoms with Crippen LogP contribution in [0.4, 0.5) is 0 Å². The lowest BCUT2D eigenvalue weighted by Crippen LogP contribution is -2.37. The number of rotatable bonds is 4. The molecule has 0 spiro atoms. The number of aliphatic hydroxyl groups is 2. The number of allylic oxidation sites excluding steroid dienone is 3. The first-order valence-electron chi connectivity index (χ1n) is 8.99.